The van der Waals surface area contributed by atoms with Crippen LogP contribution in [0.1, 0.15) is 23.5 Å². The van der Waals surface area contributed by atoms with Crippen LogP contribution in [0.15, 0.2) is 10.4 Å². The Hall–Kier alpha value is -1.15. The van der Waals surface area contributed by atoms with Gasteiger partial charge in [-0.3, -0.25) is 4.99 Å². The molecule has 1 N–H and O–H groups in total. The Balaban J connectivity index is 1.90. The van der Waals surface area contributed by atoms with Gasteiger partial charge in [0.2, 0.25) is 0 Å². The first-order chi connectivity index (χ1) is 10.2. The van der Waals surface area contributed by atoms with Crippen LogP contribution < -0.4 is 5.32 Å². The molecule has 1 heterocycles. The first-order valence-corrected chi connectivity index (χ1v) is 10.2. The Morgan fingerprint density at radius 2 is 2.23 bits per heavy atom. The number of aryl methyl sites for hydroxylation is 1. The summed E-state index contributed by atoms with van der Waals surface area (Å²) in [6.07, 6.45) is 3.22. The summed E-state index contributed by atoms with van der Waals surface area (Å²) in [5, 5.41) is 6.41. The van der Waals surface area contributed by atoms with Crippen molar-refractivity contribution in [3.8, 4) is 0 Å². The van der Waals surface area contributed by atoms with Crippen LogP contribution in [0.4, 0.5) is 0 Å². The largest absolute Gasteiger partial charge is 0.356 e. The molecule has 0 aromatic carbocycles. The normalized spacial score (nSPS) is 17.4. The van der Waals surface area contributed by atoms with E-state index in [1.807, 2.05) is 24.3 Å². The number of thiazole rings is 1. The molecule has 1 fully saturated rings. The highest BCUT2D eigenvalue weighted by Gasteiger charge is 2.45. The number of rotatable bonds is 6. The summed E-state index contributed by atoms with van der Waals surface area (Å²) in [6.45, 7) is 3.32. The van der Waals surface area contributed by atoms with Gasteiger partial charge in [-0.25, -0.2) is 13.4 Å². The molecule has 1 aromatic heterocycles. The van der Waals surface area contributed by atoms with E-state index in [-0.39, 0.29) is 11.2 Å². The van der Waals surface area contributed by atoms with Crippen molar-refractivity contribution in [1.82, 2.24) is 15.2 Å². The number of nitrogens with one attached hydrogen (secondary N) is 1. The van der Waals surface area contributed by atoms with Gasteiger partial charge in [0.15, 0.2) is 5.96 Å². The third-order valence-electron chi connectivity index (χ3n) is 3.79. The van der Waals surface area contributed by atoms with Crippen LogP contribution in [-0.4, -0.2) is 56.9 Å². The molecular weight excluding hydrogens is 320 g/mol. The maximum atomic E-state index is 11.5. The Bertz CT molecular complexity index is 648. The number of aliphatic imine (C=N–C) groups is 1. The summed E-state index contributed by atoms with van der Waals surface area (Å²) in [7, 11) is 0.754. The number of hydrogen-bond acceptors (Lipinski definition) is 5. The Morgan fingerprint density at radius 3 is 2.68 bits per heavy atom. The van der Waals surface area contributed by atoms with Gasteiger partial charge in [0.1, 0.15) is 9.84 Å². The van der Waals surface area contributed by atoms with Crippen LogP contribution in [-0.2, 0) is 16.4 Å². The Labute approximate surface area is 136 Å². The number of sulfone groups is 1. The topological polar surface area (TPSA) is 74.7 Å². The monoisotopic (exact) mass is 344 g/mol. The summed E-state index contributed by atoms with van der Waals surface area (Å²) in [4.78, 5) is 10.7. The lowest BCUT2D eigenvalue weighted by atomic mass is 10.1. The minimum absolute atomic E-state index is 0.110. The molecule has 0 amide bonds. The molecule has 1 saturated carbocycles. The van der Waals surface area contributed by atoms with Crippen LogP contribution in [0.25, 0.3) is 0 Å². The van der Waals surface area contributed by atoms with Crippen molar-refractivity contribution in [2.45, 2.75) is 26.3 Å². The van der Waals surface area contributed by atoms with Crippen molar-refractivity contribution in [3.63, 3.8) is 0 Å². The van der Waals surface area contributed by atoms with Gasteiger partial charge in [0.25, 0.3) is 0 Å². The molecule has 8 heteroatoms. The van der Waals surface area contributed by atoms with E-state index in [1.54, 1.807) is 18.4 Å². The summed E-state index contributed by atoms with van der Waals surface area (Å²) < 4.78 is 23.0. The lowest BCUT2D eigenvalue weighted by Gasteiger charge is -2.23. The van der Waals surface area contributed by atoms with E-state index in [2.05, 4.69) is 15.3 Å². The molecule has 22 heavy (non-hydrogen) atoms. The van der Waals surface area contributed by atoms with E-state index in [1.165, 1.54) is 6.26 Å². The van der Waals surface area contributed by atoms with Gasteiger partial charge in [-0.15, -0.1) is 11.3 Å². The average molecular weight is 345 g/mol. The minimum atomic E-state index is -2.94. The van der Waals surface area contributed by atoms with Gasteiger partial charge in [-0.05, 0) is 19.8 Å². The first kappa shape index (κ1) is 17.2. The summed E-state index contributed by atoms with van der Waals surface area (Å²) in [5.74, 6) is 1.02. The van der Waals surface area contributed by atoms with Crippen molar-refractivity contribution in [2.75, 3.05) is 32.6 Å². The van der Waals surface area contributed by atoms with Crippen LogP contribution in [0, 0.1) is 12.3 Å². The molecule has 0 atom stereocenters. The van der Waals surface area contributed by atoms with Crippen LogP contribution >= 0.6 is 11.3 Å². The third kappa shape index (κ3) is 4.95. The molecule has 0 bridgehead atoms. The zero-order valence-electron chi connectivity index (χ0n) is 13.6. The minimum Gasteiger partial charge on any atom is -0.356 e. The molecule has 2 rings (SSSR count). The lowest BCUT2D eigenvalue weighted by molar-refractivity contribution is 0.453. The number of nitrogens with zero attached hydrogens (tertiary/aromatic N) is 3. The fraction of sp³-hybridized carbons (Fsp3) is 0.714. The third-order valence-corrected chi connectivity index (χ3v) is 5.75. The highest BCUT2D eigenvalue weighted by molar-refractivity contribution is 7.90. The van der Waals surface area contributed by atoms with Crippen molar-refractivity contribution in [1.29, 1.82) is 0 Å². The molecule has 124 valence electrons. The van der Waals surface area contributed by atoms with E-state index in [0.29, 0.717) is 13.1 Å². The zero-order valence-corrected chi connectivity index (χ0v) is 15.2. The van der Waals surface area contributed by atoms with Crippen molar-refractivity contribution >= 4 is 27.1 Å². The lowest BCUT2D eigenvalue weighted by Crippen LogP contribution is -2.42. The summed E-state index contributed by atoms with van der Waals surface area (Å²) in [5.41, 5.74) is 0.909. The quantitative estimate of drug-likeness (QED) is 0.622. The van der Waals surface area contributed by atoms with Gasteiger partial charge >= 0.3 is 0 Å². The number of guanidine groups is 1. The number of aromatic nitrogens is 1. The molecule has 6 nitrogen and oxygen atoms in total. The molecular formula is C14H24N4O2S2. The van der Waals surface area contributed by atoms with Crippen molar-refractivity contribution < 1.29 is 8.42 Å². The van der Waals surface area contributed by atoms with Crippen molar-refractivity contribution in [2.24, 2.45) is 10.4 Å². The fourth-order valence-electron chi connectivity index (χ4n) is 2.56. The summed E-state index contributed by atoms with van der Waals surface area (Å²) >= 11 is 1.63. The molecule has 0 saturated heterocycles. The van der Waals surface area contributed by atoms with E-state index in [0.717, 1.165) is 29.5 Å². The highest BCUT2D eigenvalue weighted by Crippen LogP contribution is 2.46. The molecule has 0 aliphatic heterocycles. The van der Waals surface area contributed by atoms with E-state index in [9.17, 15) is 8.42 Å². The number of hydrogen-bond donors (Lipinski definition) is 1. The first-order valence-electron chi connectivity index (χ1n) is 7.24. The van der Waals surface area contributed by atoms with E-state index in [4.69, 9.17) is 0 Å². The van der Waals surface area contributed by atoms with Crippen molar-refractivity contribution in [3.05, 3.63) is 16.1 Å². The SMILES string of the molecule is CN=C(NCC1(CS(C)(=O)=O)CC1)N(C)Cc1csc(C)n1. The van der Waals surface area contributed by atoms with Gasteiger partial charge in [-0.1, -0.05) is 0 Å². The second kappa shape index (κ2) is 6.54. The van der Waals surface area contributed by atoms with Gasteiger partial charge in [0, 0.05) is 37.7 Å². The predicted molar refractivity (Wildman–Crippen MR) is 91.1 cm³/mol. The standard InChI is InChI=1S/C14H24N4O2S2/c1-11-17-12(8-21-11)7-18(3)13(15-2)16-9-14(5-6-14)10-22(4,19)20/h8H,5-7,9-10H2,1-4H3,(H,15,16). The van der Waals surface area contributed by atoms with Crippen LogP contribution in [0.3, 0.4) is 0 Å². The molecule has 0 unspecified atom stereocenters. The maximum Gasteiger partial charge on any atom is 0.193 e. The predicted octanol–water partition coefficient (Wildman–Crippen LogP) is 1.28. The Morgan fingerprint density at radius 1 is 1.55 bits per heavy atom. The molecule has 0 spiro atoms. The second-order valence-electron chi connectivity index (χ2n) is 6.18. The molecule has 1 aromatic rings. The highest BCUT2D eigenvalue weighted by atomic mass is 32.2. The summed E-state index contributed by atoms with van der Waals surface area (Å²) in [6, 6.07) is 0. The van der Waals surface area contributed by atoms with Gasteiger partial charge < -0.3 is 10.2 Å². The molecule has 0 radical (unpaired) electrons. The smallest absolute Gasteiger partial charge is 0.193 e. The fourth-order valence-corrected chi connectivity index (χ4v) is 4.66. The molecule has 1 aliphatic rings. The van der Waals surface area contributed by atoms with Gasteiger partial charge in [-0.2, -0.15) is 0 Å². The maximum absolute atomic E-state index is 11.5. The second-order valence-corrected chi connectivity index (χ2v) is 9.39. The molecule has 1 aliphatic carbocycles. The van der Waals surface area contributed by atoms with Crippen LogP contribution in [0.5, 0.6) is 0 Å². The van der Waals surface area contributed by atoms with E-state index < -0.39 is 9.84 Å². The average Bonchev–Trinajstić information content (AvgIpc) is 3.01. The van der Waals surface area contributed by atoms with Gasteiger partial charge in [0.05, 0.1) is 23.0 Å². The van der Waals surface area contributed by atoms with Crippen LogP contribution in [0.2, 0.25) is 0 Å². The Kier molecular flexibility index (Phi) is 5.11. The van der Waals surface area contributed by atoms with E-state index >= 15 is 0 Å². The zero-order chi connectivity index (χ0) is 16.4.